The lowest BCUT2D eigenvalue weighted by atomic mass is 10.3. The van der Waals surface area contributed by atoms with E-state index in [1.807, 2.05) is 5.32 Å². The second kappa shape index (κ2) is 4.10. The number of carbonyl (C=O) groups excluding carboxylic acids is 1. The van der Waals surface area contributed by atoms with E-state index in [1.165, 1.54) is 0 Å². The first kappa shape index (κ1) is 10.5. The molecule has 1 aromatic rings. The normalized spacial score (nSPS) is 10.0. The summed E-state index contributed by atoms with van der Waals surface area (Å²) in [5.74, 6) is -4.89. The van der Waals surface area contributed by atoms with Crippen molar-refractivity contribution >= 4 is 11.6 Å². The molecule has 0 atom stereocenters. The SMILES string of the molecule is [NH3+]CC(=O)Nc1ccc(F)c(F)c1F. The number of quaternary nitrogens is 1. The number of nitrogens with one attached hydrogen (secondary N) is 1. The first-order valence-electron chi connectivity index (χ1n) is 3.79. The third kappa shape index (κ3) is 2.02. The number of carbonyl (C=O) groups is 1. The van der Waals surface area contributed by atoms with Crippen LogP contribution in [0.25, 0.3) is 0 Å². The monoisotopic (exact) mass is 205 g/mol. The smallest absolute Gasteiger partial charge is 0.279 e. The van der Waals surface area contributed by atoms with Crippen molar-refractivity contribution in [3.63, 3.8) is 0 Å². The van der Waals surface area contributed by atoms with Gasteiger partial charge in [0, 0.05) is 0 Å². The summed E-state index contributed by atoms with van der Waals surface area (Å²) >= 11 is 0. The van der Waals surface area contributed by atoms with Crippen LogP contribution in [0.2, 0.25) is 0 Å². The predicted molar refractivity (Wildman–Crippen MR) is 42.7 cm³/mol. The van der Waals surface area contributed by atoms with Crippen LogP contribution in [0.1, 0.15) is 0 Å². The molecule has 0 aliphatic carbocycles. The fourth-order valence-electron chi connectivity index (χ4n) is 0.835. The molecule has 0 saturated heterocycles. The van der Waals surface area contributed by atoms with Gasteiger partial charge in [-0.2, -0.15) is 0 Å². The van der Waals surface area contributed by atoms with Gasteiger partial charge < -0.3 is 11.1 Å². The van der Waals surface area contributed by atoms with Crippen LogP contribution in [0.3, 0.4) is 0 Å². The molecule has 0 aliphatic rings. The van der Waals surface area contributed by atoms with Crippen LogP contribution in [0.5, 0.6) is 0 Å². The second-order valence-corrected chi connectivity index (χ2v) is 2.52. The molecule has 0 heterocycles. The van der Waals surface area contributed by atoms with Gasteiger partial charge in [-0.1, -0.05) is 0 Å². The molecule has 0 aromatic heterocycles. The molecule has 0 unspecified atom stereocenters. The molecule has 1 amide bonds. The first-order valence-corrected chi connectivity index (χ1v) is 3.79. The van der Waals surface area contributed by atoms with Gasteiger partial charge in [0.05, 0.1) is 5.69 Å². The number of rotatable bonds is 2. The lowest BCUT2D eigenvalue weighted by molar-refractivity contribution is -0.353. The van der Waals surface area contributed by atoms with Crippen molar-refractivity contribution in [2.24, 2.45) is 0 Å². The highest BCUT2D eigenvalue weighted by atomic mass is 19.2. The lowest BCUT2D eigenvalue weighted by Gasteiger charge is -2.04. The Kier molecular flexibility index (Phi) is 3.08. The fraction of sp³-hybridized carbons (Fsp3) is 0.125. The molecule has 76 valence electrons. The zero-order valence-corrected chi connectivity index (χ0v) is 7.11. The van der Waals surface area contributed by atoms with E-state index in [2.05, 4.69) is 5.73 Å². The van der Waals surface area contributed by atoms with E-state index in [9.17, 15) is 18.0 Å². The standard InChI is InChI=1S/C8H7F3N2O/c9-4-1-2-5(8(11)7(4)10)13-6(14)3-12/h1-2H,3,12H2,(H,13,14)/p+1. The maximum atomic E-state index is 12.9. The number of hydrogen-bond acceptors (Lipinski definition) is 1. The van der Waals surface area contributed by atoms with E-state index in [-0.39, 0.29) is 6.54 Å². The van der Waals surface area contributed by atoms with Crippen LogP contribution in [0.15, 0.2) is 12.1 Å². The van der Waals surface area contributed by atoms with Crippen LogP contribution < -0.4 is 11.1 Å². The van der Waals surface area contributed by atoms with Gasteiger partial charge in [-0.05, 0) is 12.1 Å². The van der Waals surface area contributed by atoms with Crippen molar-refractivity contribution in [2.75, 3.05) is 11.9 Å². The van der Waals surface area contributed by atoms with Crippen molar-refractivity contribution in [1.29, 1.82) is 0 Å². The summed E-state index contributed by atoms with van der Waals surface area (Å²) in [4.78, 5) is 10.8. The van der Waals surface area contributed by atoms with Gasteiger partial charge in [0.1, 0.15) is 0 Å². The van der Waals surface area contributed by atoms with Crippen LogP contribution in [-0.4, -0.2) is 12.5 Å². The maximum absolute atomic E-state index is 12.9. The van der Waals surface area contributed by atoms with Gasteiger partial charge in [-0.3, -0.25) is 4.79 Å². The lowest BCUT2D eigenvalue weighted by Crippen LogP contribution is -2.55. The quantitative estimate of drug-likeness (QED) is 0.669. The van der Waals surface area contributed by atoms with Crippen molar-refractivity contribution < 1.29 is 23.7 Å². The zero-order valence-electron chi connectivity index (χ0n) is 7.11. The number of hydrogen-bond donors (Lipinski definition) is 2. The van der Waals surface area contributed by atoms with Crippen molar-refractivity contribution in [3.05, 3.63) is 29.6 Å². The summed E-state index contributed by atoms with van der Waals surface area (Å²) in [6, 6.07) is 1.68. The molecule has 1 rings (SSSR count). The molecule has 0 fully saturated rings. The minimum atomic E-state index is -1.60. The van der Waals surface area contributed by atoms with Gasteiger partial charge >= 0.3 is 0 Å². The van der Waals surface area contributed by atoms with Crippen molar-refractivity contribution in [3.8, 4) is 0 Å². The molecule has 0 radical (unpaired) electrons. The van der Waals surface area contributed by atoms with Crippen LogP contribution >= 0.6 is 0 Å². The Morgan fingerprint density at radius 2 is 1.93 bits per heavy atom. The minimum absolute atomic E-state index is 0.113. The summed E-state index contributed by atoms with van der Waals surface area (Å²) in [5, 5.41) is 2.04. The van der Waals surface area contributed by atoms with Gasteiger partial charge in [0.15, 0.2) is 24.0 Å². The summed E-state index contributed by atoms with van der Waals surface area (Å²) in [6.07, 6.45) is 0. The highest BCUT2D eigenvalue weighted by molar-refractivity contribution is 5.91. The van der Waals surface area contributed by atoms with E-state index in [0.717, 1.165) is 12.1 Å². The first-order chi connectivity index (χ1) is 6.56. The maximum Gasteiger partial charge on any atom is 0.279 e. The third-order valence-electron chi connectivity index (χ3n) is 1.54. The Hall–Kier alpha value is -1.56. The van der Waals surface area contributed by atoms with Crippen molar-refractivity contribution in [1.82, 2.24) is 0 Å². The Balaban J connectivity index is 3.00. The molecular formula is C8H8F3N2O+. The van der Waals surface area contributed by atoms with E-state index in [0.29, 0.717) is 0 Å². The molecule has 0 saturated carbocycles. The molecule has 14 heavy (non-hydrogen) atoms. The topological polar surface area (TPSA) is 56.7 Å². The zero-order chi connectivity index (χ0) is 10.7. The number of anilines is 1. The summed E-state index contributed by atoms with van der Waals surface area (Å²) < 4.78 is 38.0. The molecular weight excluding hydrogens is 197 g/mol. The summed E-state index contributed by atoms with van der Waals surface area (Å²) in [6.45, 7) is -0.113. The number of amides is 1. The Morgan fingerprint density at radius 3 is 2.50 bits per heavy atom. The molecule has 0 spiro atoms. The van der Waals surface area contributed by atoms with E-state index in [1.54, 1.807) is 0 Å². The van der Waals surface area contributed by atoms with Gasteiger partial charge in [-0.15, -0.1) is 0 Å². The Bertz CT molecular complexity index is 368. The molecule has 4 N–H and O–H groups in total. The predicted octanol–water partition coefficient (Wildman–Crippen LogP) is 0.284. The second-order valence-electron chi connectivity index (χ2n) is 2.52. The highest BCUT2D eigenvalue weighted by Crippen LogP contribution is 2.19. The highest BCUT2D eigenvalue weighted by Gasteiger charge is 2.14. The molecule has 1 aromatic carbocycles. The molecule has 0 bridgehead atoms. The molecule has 6 heteroatoms. The van der Waals surface area contributed by atoms with Gasteiger partial charge in [0.2, 0.25) is 0 Å². The average molecular weight is 205 g/mol. The van der Waals surface area contributed by atoms with E-state index in [4.69, 9.17) is 0 Å². The number of halogens is 3. The van der Waals surface area contributed by atoms with Crippen molar-refractivity contribution in [2.45, 2.75) is 0 Å². The van der Waals surface area contributed by atoms with Crippen LogP contribution in [0.4, 0.5) is 18.9 Å². The largest absolute Gasteiger partial charge is 0.350 e. The molecule has 0 aliphatic heterocycles. The number of benzene rings is 1. The Labute approximate surface area is 77.7 Å². The average Bonchev–Trinajstić information content (AvgIpc) is 2.19. The van der Waals surface area contributed by atoms with Crippen LogP contribution in [-0.2, 0) is 4.79 Å². The van der Waals surface area contributed by atoms with Gasteiger partial charge in [-0.25, -0.2) is 13.2 Å². The van der Waals surface area contributed by atoms with Crippen LogP contribution in [0, 0.1) is 17.5 Å². The Morgan fingerprint density at radius 1 is 1.29 bits per heavy atom. The van der Waals surface area contributed by atoms with Gasteiger partial charge in [0.25, 0.3) is 5.91 Å². The molecule has 3 nitrogen and oxygen atoms in total. The fourth-order valence-corrected chi connectivity index (χ4v) is 0.835. The minimum Gasteiger partial charge on any atom is -0.350 e. The van der Waals surface area contributed by atoms with E-state index >= 15 is 0 Å². The van der Waals surface area contributed by atoms with E-state index < -0.39 is 29.0 Å². The summed E-state index contributed by atoms with van der Waals surface area (Å²) in [5.41, 5.74) is 2.86. The third-order valence-corrected chi connectivity index (χ3v) is 1.54. The summed E-state index contributed by atoms with van der Waals surface area (Å²) in [7, 11) is 0.